The van der Waals surface area contributed by atoms with Crippen molar-refractivity contribution in [3.63, 3.8) is 0 Å². The third-order valence-corrected chi connectivity index (χ3v) is 6.17. The van der Waals surface area contributed by atoms with E-state index in [4.69, 9.17) is 21.3 Å². The first kappa shape index (κ1) is 23.8. The van der Waals surface area contributed by atoms with Crippen LogP contribution in [0.3, 0.4) is 0 Å². The number of imidazole rings is 1. The number of hydrogen-bond donors (Lipinski definition) is 1. The molecule has 0 bridgehead atoms. The van der Waals surface area contributed by atoms with Gasteiger partial charge in [-0.25, -0.2) is 9.78 Å². The van der Waals surface area contributed by atoms with Gasteiger partial charge >= 0.3 is 5.69 Å². The van der Waals surface area contributed by atoms with Crippen LogP contribution in [0.2, 0.25) is 5.02 Å². The molecule has 0 atom stereocenters. The zero-order chi connectivity index (χ0) is 24.2. The molecule has 2 heterocycles. The number of para-hydroxylation sites is 1. The van der Waals surface area contributed by atoms with Gasteiger partial charge in [0.2, 0.25) is 0 Å². The highest BCUT2D eigenvalue weighted by Gasteiger charge is 2.20. The van der Waals surface area contributed by atoms with Gasteiger partial charge in [0.05, 0.1) is 7.11 Å². The average Bonchev–Trinajstić information content (AvgIpc) is 3.21. The number of ether oxygens (including phenoxy) is 1. The predicted molar refractivity (Wildman–Crippen MR) is 132 cm³/mol. The number of benzene rings is 2. The van der Waals surface area contributed by atoms with E-state index in [1.54, 1.807) is 26.3 Å². The normalized spacial score (nSPS) is 11.3. The molecule has 0 radical (unpaired) electrons. The Balaban J connectivity index is 1.85. The molecule has 34 heavy (non-hydrogen) atoms. The van der Waals surface area contributed by atoms with Crippen LogP contribution in [-0.2, 0) is 33.0 Å². The number of fused-ring (bicyclic) bond motifs is 1. The van der Waals surface area contributed by atoms with Crippen molar-refractivity contribution in [3.05, 3.63) is 91.3 Å². The van der Waals surface area contributed by atoms with E-state index in [-0.39, 0.29) is 13.2 Å². The molecule has 178 valence electrons. The number of halogens is 1. The highest BCUT2D eigenvalue weighted by atomic mass is 35.5. The van der Waals surface area contributed by atoms with Crippen LogP contribution in [0.25, 0.3) is 11.2 Å². The van der Waals surface area contributed by atoms with E-state index in [1.165, 1.54) is 9.13 Å². The van der Waals surface area contributed by atoms with Crippen LogP contribution in [0.1, 0.15) is 23.4 Å². The first-order valence-electron chi connectivity index (χ1n) is 11.1. The summed E-state index contributed by atoms with van der Waals surface area (Å²) in [5.74, 6) is 1.49. The topological polar surface area (TPSA) is 91.3 Å². The summed E-state index contributed by atoms with van der Waals surface area (Å²) in [4.78, 5) is 31.0. The molecule has 4 rings (SSSR count). The maximum absolute atomic E-state index is 13.4. The Hall–Kier alpha value is -3.36. The molecule has 0 amide bonds. The van der Waals surface area contributed by atoms with E-state index in [0.717, 1.165) is 16.9 Å². The third kappa shape index (κ3) is 4.64. The van der Waals surface area contributed by atoms with Gasteiger partial charge in [0.25, 0.3) is 5.56 Å². The molecule has 0 fully saturated rings. The Labute approximate surface area is 201 Å². The Bertz CT molecular complexity index is 1420. The third-order valence-electron chi connectivity index (χ3n) is 5.92. The molecular weight excluding hydrogens is 456 g/mol. The van der Waals surface area contributed by atoms with Crippen molar-refractivity contribution in [2.45, 2.75) is 32.4 Å². The Morgan fingerprint density at radius 1 is 1.03 bits per heavy atom. The van der Waals surface area contributed by atoms with Crippen LogP contribution in [0.15, 0.2) is 58.1 Å². The number of aromatic nitrogens is 4. The molecule has 0 aliphatic rings. The van der Waals surface area contributed by atoms with Crippen molar-refractivity contribution >= 4 is 22.8 Å². The molecule has 0 aliphatic carbocycles. The lowest BCUT2D eigenvalue weighted by Crippen LogP contribution is -2.40. The summed E-state index contributed by atoms with van der Waals surface area (Å²) in [7, 11) is 3.25. The van der Waals surface area contributed by atoms with Gasteiger partial charge in [-0.3, -0.25) is 13.9 Å². The van der Waals surface area contributed by atoms with Crippen LogP contribution in [0.5, 0.6) is 5.75 Å². The molecule has 0 spiro atoms. The van der Waals surface area contributed by atoms with Crippen molar-refractivity contribution in [2.24, 2.45) is 7.05 Å². The average molecular weight is 483 g/mol. The molecule has 1 N–H and O–H groups in total. The zero-order valence-electron chi connectivity index (χ0n) is 19.2. The minimum Gasteiger partial charge on any atom is -0.496 e. The quantitative estimate of drug-likeness (QED) is 0.396. The predicted octanol–water partition coefficient (Wildman–Crippen LogP) is 2.77. The van der Waals surface area contributed by atoms with Gasteiger partial charge in [-0.1, -0.05) is 41.9 Å². The summed E-state index contributed by atoms with van der Waals surface area (Å²) in [6.07, 6.45) is 1.51. The molecule has 0 saturated carbocycles. The Morgan fingerprint density at radius 3 is 2.47 bits per heavy atom. The first-order valence-corrected chi connectivity index (χ1v) is 11.5. The summed E-state index contributed by atoms with van der Waals surface area (Å²) in [5, 5.41) is 9.86. The van der Waals surface area contributed by atoms with Gasteiger partial charge in [-0.15, -0.1) is 0 Å². The van der Waals surface area contributed by atoms with Gasteiger partial charge in [0.15, 0.2) is 11.2 Å². The van der Waals surface area contributed by atoms with Gasteiger partial charge in [0, 0.05) is 38.2 Å². The van der Waals surface area contributed by atoms with Crippen molar-refractivity contribution in [3.8, 4) is 5.75 Å². The highest BCUT2D eigenvalue weighted by Crippen LogP contribution is 2.21. The number of rotatable bonds is 9. The van der Waals surface area contributed by atoms with Crippen molar-refractivity contribution in [1.82, 2.24) is 18.7 Å². The molecule has 2 aromatic heterocycles. The summed E-state index contributed by atoms with van der Waals surface area (Å²) >= 11 is 6.06. The summed E-state index contributed by atoms with van der Waals surface area (Å²) in [5.41, 5.74) is 1.85. The molecule has 0 unspecified atom stereocenters. The smallest absolute Gasteiger partial charge is 0.332 e. The van der Waals surface area contributed by atoms with Gasteiger partial charge in [0.1, 0.15) is 11.6 Å². The van der Waals surface area contributed by atoms with E-state index in [9.17, 15) is 14.7 Å². The van der Waals surface area contributed by atoms with Crippen LogP contribution < -0.4 is 16.0 Å². The number of aliphatic hydroxyl groups is 1. The second kappa shape index (κ2) is 10.3. The minimum absolute atomic E-state index is 0.109. The summed E-state index contributed by atoms with van der Waals surface area (Å²) in [6, 6.07) is 15.2. The molecule has 0 aliphatic heterocycles. The summed E-state index contributed by atoms with van der Waals surface area (Å²) in [6.45, 7) is 0.435. The van der Waals surface area contributed by atoms with Crippen LogP contribution in [0, 0.1) is 0 Å². The van der Waals surface area contributed by atoms with Crippen molar-refractivity contribution in [2.75, 3.05) is 13.7 Å². The monoisotopic (exact) mass is 482 g/mol. The first-order chi connectivity index (χ1) is 16.4. The Morgan fingerprint density at radius 2 is 1.76 bits per heavy atom. The second-order valence-corrected chi connectivity index (χ2v) is 8.54. The van der Waals surface area contributed by atoms with Crippen molar-refractivity contribution < 1.29 is 9.84 Å². The number of hydrogen-bond acceptors (Lipinski definition) is 5. The second-order valence-electron chi connectivity index (χ2n) is 8.10. The molecular formula is C25H27ClN4O4. The van der Waals surface area contributed by atoms with E-state index in [0.29, 0.717) is 47.8 Å². The standard InChI is InChI=1S/C25H27ClN4O4/c1-28-23-22(24(32)29(25(28)33)14-5-15-31)30(16-17-8-11-19(26)12-9-17)21(27-23)13-10-18-6-3-4-7-20(18)34-2/h3-4,6-9,11-12,31H,5,10,13-16H2,1-2H3. The maximum atomic E-state index is 13.4. The van der Waals surface area contributed by atoms with E-state index in [1.807, 2.05) is 41.0 Å². The van der Waals surface area contributed by atoms with Crippen LogP contribution in [0.4, 0.5) is 0 Å². The van der Waals surface area contributed by atoms with Gasteiger partial charge < -0.3 is 14.4 Å². The SMILES string of the molecule is COc1ccccc1CCc1nc2c(c(=O)n(CCCO)c(=O)n2C)n1Cc1ccc(Cl)cc1. The van der Waals surface area contributed by atoms with E-state index < -0.39 is 11.2 Å². The molecule has 2 aromatic carbocycles. The van der Waals surface area contributed by atoms with E-state index in [2.05, 4.69) is 0 Å². The molecule has 0 saturated heterocycles. The molecule has 8 nitrogen and oxygen atoms in total. The lowest BCUT2D eigenvalue weighted by Gasteiger charge is -2.12. The number of methoxy groups -OCH3 is 1. The van der Waals surface area contributed by atoms with E-state index >= 15 is 0 Å². The number of aliphatic hydroxyl groups excluding tert-OH is 1. The lowest BCUT2D eigenvalue weighted by molar-refractivity contribution is 0.277. The lowest BCUT2D eigenvalue weighted by atomic mass is 10.1. The number of nitrogens with zero attached hydrogens (tertiary/aromatic N) is 4. The number of aryl methyl sites for hydroxylation is 3. The fraction of sp³-hybridized carbons (Fsp3) is 0.320. The van der Waals surface area contributed by atoms with Crippen molar-refractivity contribution in [1.29, 1.82) is 0 Å². The highest BCUT2D eigenvalue weighted by molar-refractivity contribution is 6.30. The largest absolute Gasteiger partial charge is 0.496 e. The maximum Gasteiger partial charge on any atom is 0.332 e. The fourth-order valence-electron chi connectivity index (χ4n) is 4.13. The van der Waals surface area contributed by atoms with Crippen LogP contribution in [-0.4, -0.2) is 37.5 Å². The fourth-order valence-corrected chi connectivity index (χ4v) is 4.26. The minimum atomic E-state index is -0.446. The van der Waals surface area contributed by atoms with Crippen LogP contribution >= 0.6 is 11.6 Å². The van der Waals surface area contributed by atoms with Gasteiger partial charge in [-0.2, -0.15) is 0 Å². The molecule has 9 heteroatoms. The summed E-state index contributed by atoms with van der Waals surface area (Å²) < 4.78 is 9.93. The Kier molecular flexibility index (Phi) is 7.19. The zero-order valence-corrected chi connectivity index (χ0v) is 20.0. The molecule has 4 aromatic rings. The van der Waals surface area contributed by atoms with Gasteiger partial charge in [-0.05, 0) is 42.2 Å².